The first-order chi connectivity index (χ1) is 13.1. The molecule has 1 saturated heterocycles. The van der Waals surface area contributed by atoms with Crippen molar-refractivity contribution in [2.45, 2.75) is 77.0 Å². The van der Waals surface area contributed by atoms with Gasteiger partial charge in [0.2, 0.25) is 11.8 Å². The second kappa shape index (κ2) is 8.09. The minimum atomic E-state index is 0.185. The number of nitrogens with zero attached hydrogens (tertiary/aromatic N) is 4. The van der Waals surface area contributed by atoms with Crippen LogP contribution in [0.2, 0.25) is 0 Å². The summed E-state index contributed by atoms with van der Waals surface area (Å²) in [4.78, 5) is 25.5. The number of fused-ring (bicyclic) bond motifs is 1. The number of hydrogen-bond donors (Lipinski definition) is 0. The number of rotatable bonds is 5. The van der Waals surface area contributed by atoms with Gasteiger partial charge < -0.3 is 9.42 Å². The van der Waals surface area contributed by atoms with Gasteiger partial charge in [0.15, 0.2) is 5.82 Å². The van der Waals surface area contributed by atoms with E-state index in [1.807, 2.05) is 30.1 Å². The average molecular weight is 389 g/mol. The first-order valence-corrected chi connectivity index (χ1v) is 11.0. The minimum Gasteiger partial charge on any atom is -0.342 e. The maximum atomic E-state index is 12.7. The predicted molar refractivity (Wildman–Crippen MR) is 104 cm³/mol. The topological polar surface area (TPSA) is 72.1 Å². The highest BCUT2D eigenvalue weighted by molar-refractivity contribution is 7.11. The molecule has 27 heavy (non-hydrogen) atoms. The Balaban J connectivity index is 1.34. The van der Waals surface area contributed by atoms with E-state index in [1.165, 1.54) is 34.8 Å². The van der Waals surface area contributed by atoms with Gasteiger partial charge in [-0.15, -0.1) is 11.3 Å². The van der Waals surface area contributed by atoms with Crippen molar-refractivity contribution in [2.24, 2.45) is 0 Å². The van der Waals surface area contributed by atoms with Crippen molar-refractivity contribution in [3.8, 4) is 0 Å². The molecule has 1 aliphatic carbocycles. The summed E-state index contributed by atoms with van der Waals surface area (Å²) < 4.78 is 5.26. The number of piperidine rings is 1. The van der Waals surface area contributed by atoms with Gasteiger partial charge in [-0.2, -0.15) is 4.98 Å². The highest BCUT2D eigenvalue weighted by Gasteiger charge is 2.28. The minimum absolute atomic E-state index is 0.185. The van der Waals surface area contributed by atoms with Gasteiger partial charge in [-0.05, 0) is 38.5 Å². The number of hydrogen-bond acceptors (Lipinski definition) is 6. The van der Waals surface area contributed by atoms with Crippen LogP contribution in [-0.4, -0.2) is 39.0 Å². The van der Waals surface area contributed by atoms with Gasteiger partial charge in [-0.3, -0.25) is 4.79 Å². The Labute approximate surface area is 164 Å². The number of likely N-dealkylation sites (tertiary alicyclic amines) is 1. The second-order valence-corrected chi connectivity index (χ2v) is 9.12. The molecule has 0 radical (unpaired) electrons. The van der Waals surface area contributed by atoms with Crippen molar-refractivity contribution in [1.82, 2.24) is 20.0 Å². The molecule has 4 rings (SSSR count). The van der Waals surface area contributed by atoms with Gasteiger partial charge >= 0.3 is 0 Å². The van der Waals surface area contributed by atoms with E-state index in [0.717, 1.165) is 32.4 Å². The van der Waals surface area contributed by atoms with Crippen LogP contribution < -0.4 is 0 Å². The number of aromatic nitrogens is 3. The SMILES string of the molecule is CC(C)c1noc(CCC(=O)N2CCC[C@@H](c3nc4c(s3)CCCC4)C2)n1. The molecule has 1 atom stereocenters. The number of thiazole rings is 1. The van der Waals surface area contributed by atoms with Crippen LogP contribution in [0.3, 0.4) is 0 Å². The van der Waals surface area contributed by atoms with Gasteiger partial charge in [0.05, 0.1) is 10.7 Å². The molecular formula is C20H28N4O2S. The third-order valence-corrected chi connectivity index (χ3v) is 6.86. The molecule has 2 aromatic heterocycles. The van der Waals surface area contributed by atoms with E-state index in [9.17, 15) is 4.79 Å². The third-order valence-electron chi connectivity index (χ3n) is 5.54. The molecule has 0 spiro atoms. The molecule has 0 aromatic carbocycles. The van der Waals surface area contributed by atoms with Crippen LogP contribution in [0, 0.1) is 0 Å². The Hall–Kier alpha value is -1.76. The monoisotopic (exact) mass is 388 g/mol. The lowest BCUT2D eigenvalue weighted by atomic mass is 9.98. The Morgan fingerprint density at radius 2 is 2.11 bits per heavy atom. The summed E-state index contributed by atoms with van der Waals surface area (Å²) in [5.74, 6) is 2.10. The maximum Gasteiger partial charge on any atom is 0.227 e. The van der Waals surface area contributed by atoms with E-state index in [2.05, 4.69) is 10.1 Å². The van der Waals surface area contributed by atoms with Crippen molar-refractivity contribution in [3.63, 3.8) is 0 Å². The van der Waals surface area contributed by atoms with Crippen molar-refractivity contribution in [2.75, 3.05) is 13.1 Å². The lowest BCUT2D eigenvalue weighted by molar-refractivity contribution is -0.132. The molecule has 0 unspecified atom stereocenters. The fourth-order valence-corrected chi connectivity index (χ4v) is 5.21. The highest BCUT2D eigenvalue weighted by Crippen LogP contribution is 2.34. The van der Waals surface area contributed by atoms with Crippen LogP contribution >= 0.6 is 11.3 Å². The maximum absolute atomic E-state index is 12.7. The van der Waals surface area contributed by atoms with Crippen molar-refractivity contribution in [1.29, 1.82) is 0 Å². The molecule has 146 valence electrons. The Bertz CT molecular complexity index is 774. The van der Waals surface area contributed by atoms with Gasteiger partial charge in [-0.25, -0.2) is 4.98 Å². The summed E-state index contributed by atoms with van der Waals surface area (Å²) in [5, 5.41) is 5.22. The Morgan fingerprint density at radius 3 is 2.89 bits per heavy atom. The molecule has 2 aliphatic rings. The summed E-state index contributed by atoms with van der Waals surface area (Å²) in [6.07, 6.45) is 8.01. The highest BCUT2D eigenvalue weighted by atomic mass is 32.1. The summed E-state index contributed by atoms with van der Waals surface area (Å²) >= 11 is 1.89. The summed E-state index contributed by atoms with van der Waals surface area (Å²) in [6, 6.07) is 0. The summed E-state index contributed by atoms with van der Waals surface area (Å²) in [7, 11) is 0. The first kappa shape index (κ1) is 18.6. The van der Waals surface area contributed by atoms with E-state index >= 15 is 0 Å². The molecule has 6 nitrogen and oxygen atoms in total. The molecule has 0 N–H and O–H groups in total. The fourth-order valence-electron chi connectivity index (χ4n) is 3.93. The number of aryl methyl sites for hydroxylation is 3. The average Bonchev–Trinajstić information content (AvgIpc) is 3.33. The largest absolute Gasteiger partial charge is 0.342 e. The molecule has 1 amide bonds. The zero-order chi connectivity index (χ0) is 18.8. The number of amides is 1. The first-order valence-electron chi connectivity index (χ1n) is 10.2. The van der Waals surface area contributed by atoms with Gasteiger partial charge in [-0.1, -0.05) is 19.0 Å². The van der Waals surface area contributed by atoms with Crippen LogP contribution in [0.1, 0.15) is 85.1 Å². The van der Waals surface area contributed by atoms with E-state index in [-0.39, 0.29) is 11.8 Å². The zero-order valence-corrected chi connectivity index (χ0v) is 17.1. The van der Waals surface area contributed by atoms with E-state index in [4.69, 9.17) is 9.51 Å². The van der Waals surface area contributed by atoms with Gasteiger partial charge in [0.25, 0.3) is 0 Å². The molecule has 2 aromatic rings. The van der Waals surface area contributed by atoms with Crippen LogP contribution in [0.25, 0.3) is 0 Å². The lowest BCUT2D eigenvalue weighted by Crippen LogP contribution is -2.39. The quantitative estimate of drug-likeness (QED) is 0.777. The summed E-state index contributed by atoms with van der Waals surface area (Å²) in [5.41, 5.74) is 1.32. The molecule has 7 heteroatoms. The second-order valence-electron chi connectivity index (χ2n) is 8.01. The molecule has 1 aliphatic heterocycles. The van der Waals surface area contributed by atoms with Gasteiger partial charge in [0, 0.05) is 42.6 Å². The van der Waals surface area contributed by atoms with E-state index < -0.39 is 0 Å². The predicted octanol–water partition coefficient (Wildman–Crippen LogP) is 3.87. The fraction of sp³-hybridized carbons (Fsp3) is 0.700. The van der Waals surface area contributed by atoms with Crippen molar-refractivity contribution >= 4 is 17.2 Å². The van der Waals surface area contributed by atoms with Crippen molar-refractivity contribution in [3.05, 3.63) is 27.3 Å². The van der Waals surface area contributed by atoms with Crippen LogP contribution in [0.5, 0.6) is 0 Å². The van der Waals surface area contributed by atoms with Crippen LogP contribution in [-0.2, 0) is 24.1 Å². The zero-order valence-electron chi connectivity index (χ0n) is 16.2. The van der Waals surface area contributed by atoms with E-state index in [1.54, 1.807) is 0 Å². The Morgan fingerprint density at radius 1 is 1.26 bits per heavy atom. The normalized spacial score (nSPS) is 20.1. The van der Waals surface area contributed by atoms with Crippen LogP contribution in [0.15, 0.2) is 4.52 Å². The van der Waals surface area contributed by atoms with Crippen LogP contribution in [0.4, 0.5) is 0 Å². The molecule has 1 fully saturated rings. The molecular weight excluding hydrogens is 360 g/mol. The third kappa shape index (κ3) is 4.23. The lowest BCUT2D eigenvalue weighted by Gasteiger charge is -2.31. The molecule has 3 heterocycles. The molecule has 0 saturated carbocycles. The molecule has 0 bridgehead atoms. The van der Waals surface area contributed by atoms with Gasteiger partial charge in [0.1, 0.15) is 0 Å². The number of carbonyl (C=O) groups excluding carboxylic acids is 1. The summed E-state index contributed by atoms with van der Waals surface area (Å²) in [6.45, 7) is 5.71. The van der Waals surface area contributed by atoms with E-state index in [0.29, 0.717) is 30.5 Å². The smallest absolute Gasteiger partial charge is 0.227 e. The standard InChI is InChI=1S/C20H28N4O2S/c1-13(2)19-22-17(26-23-19)9-10-18(25)24-11-5-6-14(12-24)20-21-15-7-3-4-8-16(15)27-20/h13-14H,3-12H2,1-2H3/t14-/m1/s1. The number of carbonyl (C=O) groups is 1. The van der Waals surface area contributed by atoms with Crippen molar-refractivity contribution < 1.29 is 9.32 Å². The Kier molecular flexibility index (Phi) is 5.57.